The molecule has 5 heteroatoms. The minimum Gasteiger partial charge on any atom is -0.489 e. The molecule has 0 aliphatic heterocycles. The van der Waals surface area contributed by atoms with Crippen molar-refractivity contribution in [3.63, 3.8) is 0 Å². The fourth-order valence-corrected chi connectivity index (χ4v) is 2.20. The minimum absolute atomic E-state index is 0.152. The van der Waals surface area contributed by atoms with E-state index in [0.29, 0.717) is 12.4 Å². The molecule has 0 saturated carbocycles. The lowest BCUT2D eigenvalue weighted by Gasteiger charge is -2.16. The highest BCUT2D eigenvalue weighted by atomic mass is 16.5. The summed E-state index contributed by atoms with van der Waals surface area (Å²) in [6, 6.07) is 17.0. The van der Waals surface area contributed by atoms with Crippen LogP contribution in [0.1, 0.15) is 18.1 Å². The number of carbonyl (C=O) groups excluding carboxylic acids is 1. The molecule has 0 aromatic heterocycles. The van der Waals surface area contributed by atoms with Crippen molar-refractivity contribution in [1.82, 2.24) is 0 Å². The van der Waals surface area contributed by atoms with Crippen LogP contribution in [0.15, 0.2) is 54.6 Å². The number of ether oxygens (including phenoxy) is 2. The molecule has 2 rings (SSSR count). The van der Waals surface area contributed by atoms with Gasteiger partial charge in [-0.15, -0.1) is 0 Å². The van der Waals surface area contributed by atoms with Gasteiger partial charge in [0.1, 0.15) is 12.4 Å². The number of rotatable bonds is 8. The smallest absolute Gasteiger partial charge is 0.337 e. The van der Waals surface area contributed by atoms with Crippen molar-refractivity contribution in [2.75, 3.05) is 6.61 Å². The Morgan fingerprint density at radius 1 is 1.00 bits per heavy atom. The van der Waals surface area contributed by atoms with Gasteiger partial charge in [-0.25, -0.2) is 4.79 Å². The van der Waals surface area contributed by atoms with Gasteiger partial charge in [0.05, 0.1) is 12.7 Å². The molecule has 0 radical (unpaired) electrons. The minimum atomic E-state index is -1.54. The lowest BCUT2D eigenvalue weighted by Crippen LogP contribution is -2.36. The van der Waals surface area contributed by atoms with Gasteiger partial charge >= 0.3 is 5.97 Å². The highest BCUT2D eigenvalue weighted by Crippen LogP contribution is 2.16. The van der Waals surface area contributed by atoms with Crippen LogP contribution in [0.5, 0.6) is 5.75 Å². The second kappa shape index (κ2) is 9.05. The van der Waals surface area contributed by atoms with Crippen LogP contribution in [0, 0.1) is 0 Å². The fourth-order valence-electron chi connectivity index (χ4n) is 2.20. The number of aliphatic hydroxyl groups is 2. The van der Waals surface area contributed by atoms with E-state index in [1.165, 1.54) is 0 Å². The maximum atomic E-state index is 11.4. The number of benzene rings is 2. The maximum absolute atomic E-state index is 11.4. The Balaban J connectivity index is 1.86. The van der Waals surface area contributed by atoms with Gasteiger partial charge in [0.25, 0.3) is 0 Å². The third-order valence-electron chi connectivity index (χ3n) is 3.51. The lowest BCUT2D eigenvalue weighted by atomic mass is 10.0. The van der Waals surface area contributed by atoms with Gasteiger partial charge in [-0.1, -0.05) is 42.5 Å². The molecule has 0 amide bonds. The van der Waals surface area contributed by atoms with Crippen molar-refractivity contribution in [3.8, 4) is 5.75 Å². The quantitative estimate of drug-likeness (QED) is 0.725. The summed E-state index contributed by atoms with van der Waals surface area (Å²) in [6.45, 7) is 2.28. The monoisotopic (exact) mass is 330 g/mol. The zero-order valence-corrected chi connectivity index (χ0v) is 13.6. The van der Waals surface area contributed by atoms with Gasteiger partial charge in [0.2, 0.25) is 0 Å². The zero-order chi connectivity index (χ0) is 17.4. The Bertz CT molecular complexity index is 624. The average molecular weight is 330 g/mol. The van der Waals surface area contributed by atoms with E-state index in [9.17, 15) is 15.0 Å². The van der Waals surface area contributed by atoms with E-state index in [2.05, 4.69) is 4.74 Å². The highest BCUT2D eigenvalue weighted by molar-refractivity contribution is 5.75. The van der Waals surface area contributed by atoms with Crippen LogP contribution in [0.4, 0.5) is 0 Å². The first-order valence-corrected chi connectivity index (χ1v) is 7.88. The van der Waals surface area contributed by atoms with Crippen LogP contribution >= 0.6 is 0 Å². The predicted molar refractivity (Wildman–Crippen MR) is 89.6 cm³/mol. The summed E-state index contributed by atoms with van der Waals surface area (Å²) in [6.07, 6.45) is -2.60. The molecule has 2 aromatic carbocycles. The van der Waals surface area contributed by atoms with Crippen molar-refractivity contribution < 1.29 is 24.5 Å². The molecular formula is C19H22O5. The third-order valence-corrected chi connectivity index (χ3v) is 3.51. The average Bonchev–Trinajstić information content (AvgIpc) is 2.61. The van der Waals surface area contributed by atoms with Crippen molar-refractivity contribution >= 4 is 5.97 Å². The molecule has 2 N–H and O–H groups in total. The number of esters is 1. The molecule has 0 bridgehead atoms. The first-order valence-electron chi connectivity index (χ1n) is 7.88. The fraction of sp³-hybridized carbons (Fsp3) is 0.316. The van der Waals surface area contributed by atoms with Gasteiger partial charge in [0.15, 0.2) is 6.10 Å². The molecule has 0 heterocycles. The third kappa shape index (κ3) is 5.37. The largest absolute Gasteiger partial charge is 0.489 e. The summed E-state index contributed by atoms with van der Waals surface area (Å²) < 4.78 is 10.4. The van der Waals surface area contributed by atoms with Crippen molar-refractivity contribution in [1.29, 1.82) is 0 Å². The maximum Gasteiger partial charge on any atom is 0.337 e. The van der Waals surface area contributed by atoms with Gasteiger partial charge in [-0.2, -0.15) is 0 Å². The first kappa shape index (κ1) is 18.0. The van der Waals surface area contributed by atoms with Gasteiger partial charge in [-0.3, -0.25) is 0 Å². The van der Waals surface area contributed by atoms with Crippen LogP contribution in [0.25, 0.3) is 0 Å². The van der Waals surface area contributed by atoms with Gasteiger partial charge in [-0.05, 0) is 30.2 Å². The van der Waals surface area contributed by atoms with Crippen LogP contribution in [-0.2, 0) is 22.6 Å². The summed E-state index contributed by atoms with van der Waals surface area (Å²) in [5.41, 5.74) is 1.87. The normalized spacial score (nSPS) is 13.1. The Hall–Kier alpha value is -2.37. The Morgan fingerprint density at radius 2 is 1.67 bits per heavy atom. The molecule has 2 atom stereocenters. The lowest BCUT2D eigenvalue weighted by molar-refractivity contribution is -0.159. The summed E-state index contributed by atoms with van der Waals surface area (Å²) in [7, 11) is 0. The van der Waals surface area contributed by atoms with E-state index in [1.807, 2.05) is 30.3 Å². The molecule has 0 fully saturated rings. The molecule has 0 aliphatic carbocycles. The second-order valence-corrected chi connectivity index (χ2v) is 5.39. The Morgan fingerprint density at radius 3 is 2.29 bits per heavy atom. The van der Waals surface area contributed by atoms with E-state index < -0.39 is 18.2 Å². The van der Waals surface area contributed by atoms with Crippen molar-refractivity contribution in [3.05, 3.63) is 65.7 Å². The summed E-state index contributed by atoms with van der Waals surface area (Å²) in [4.78, 5) is 11.4. The molecule has 0 aliphatic rings. The van der Waals surface area contributed by atoms with Crippen LogP contribution in [0.2, 0.25) is 0 Å². The zero-order valence-electron chi connectivity index (χ0n) is 13.6. The Labute approximate surface area is 141 Å². The molecule has 2 aromatic rings. The second-order valence-electron chi connectivity index (χ2n) is 5.39. The standard InChI is InChI=1S/C19H22O5/c1-2-23-19(22)18(21)17(20)12-14-8-10-16(11-9-14)24-13-15-6-4-3-5-7-15/h3-11,17-18,20-21H,2,12-13H2,1H3/t17-,18+/m0/s1. The molecule has 128 valence electrons. The SMILES string of the molecule is CCOC(=O)[C@H](O)[C@@H](O)Cc1ccc(OCc2ccccc2)cc1. The number of aliphatic hydroxyl groups excluding tert-OH is 2. The van der Waals surface area contributed by atoms with E-state index in [-0.39, 0.29) is 13.0 Å². The van der Waals surface area contributed by atoms with Gasteiger partial charge < -0.3 is 19.7 Å². The first-order chi connectivity index (χ1) is 11.6. The molecule has 24 heavy (non-hydrogen) atoms. The summed E-state index contributed by atoms with van der Waals surface area (Å²) in [5, 5.41) is 19.6. The van der Waals surface area contributed by atoms with E-state index in [4.69, 9.17) is 4.74 Å². The molecule has 0 unspecified atom stereocenters. The predicted octanol–water partition coefficient (Wildman–Crippen LogP) is 2.09. The van der Waals surface area contributed by atoms with E-state index >= 15 is 0 Å². The van der Waals surface area contributed by atoms with Crippen LogP contribution in [-0.4, -0.2) is 35.0 Å². The molecule has 5 nitrogen and oxygen atoms in total. The van der Waals surface area contributed by atoms with E-state index in [0.717, 1.165) is 11.1 Å². The van der Waals surface area contributed by atoms with Crippen molar-refractivity contribution in [2.24, 2.45) is 0 Å². The van der Waals surface area contributed by atoms with E-state index in [1.54, 1.807) is 31.2 Å². The summed E-state index contributed by atoms with van der Waals surface area (Å²) in [5.74, 6) is -0.101. The van der Waals surface area contributed by atoms with Gasteiger partial charge in [0, 0.05) is 6.42 Å². The van der Waals surface area contributed by atoms with Crippen LogP contribution in [0.3, 0.4) is 0 Å². The number of hydrogen-bond acceptors (Lipinski definition) is 5. The number of hydrogen-bond donors (Lipinski definition) is 2. The Kier molecular flexibility index (Phi) is 6.78. The molecule has 0 saturated heterocycles. The highest BCUT2D eigenvalue weighted by Gasteiger charge is 2.25. The van der Waals surface area contributed by atoms with Crippen molar-refractivity contribution in [2.45, 2.75) is 32.2 Å². The summed E-state index contributed by atoms with van der Waals surface area (Å²) >= 11 is 0. The number of carbonyl (C=O) groups is 1. The molecule has 0 spiro atoms. The molecular weight excluding hydrogens is 308 g/mol. The topological polar surface area (TPSA) is 76.0 Å². The van der Waals surface area contributed by atoms with Crippen LogP contribution < -0.4 is 4.74 Å².